The molecule has 1 unspecified atom stereocenters. The zero-order valence-electron chi connectivity index (χ0n) is 10.7. The molecule has 19 heavy (non-hydrogen) atoms. The Morgan fingerprint density at radius 1 is 1.47 bits per heavy atom. The van der Waals surface area contributed by atoms with Gasteiger partial charge in [0.25, 0.3) is 10.0 Å². The molecule has 8 heteroatoms. The third-order valence-corrected chi connectivity index (χ3v) is 6.32. The van der Waals surface area contributed by atoms with Crippen molar-refractivity contribution in [2.75, 3.05) is 0 Å². The number of halogens is 1. The Labute approximate surface area is 124 Å². The van der Waals surface area contributed by atoms with Gasteiger partial charge in [0, 0.05) is 24.8 Å². The molecule has 0 aliphatic heterocycles. The first-order valence-corrected chi connectivity index (χ1v) is 8.66. The van der Waals surface area contributed by atoms with Crippen molar-refractivity contribution in [1.82, 2.24) is 14.5 Å². The maximum absolute atomic E-state index is 12.2. The Bertz CT molecular complexity index is 691. The fraction of sp³-hybridized carbons (Fsp3) is 0.364. The van der Waals surface area contributed by atoms with Gasteiger partial charge in [0.15, 0.2) is 0 Å². The van der Waals surface area contributed by atoms with Crippen molar-refractivity contribution in [1.29, 1.82) is 0 Å². The second-order valence-electron chi connectivity index (χ2n) is 4.25. The minimum atomic E-state index is -3.49. The molecule has 0 spiro atoms. The van der Waals surface area contributed by atoms with Crippen LogP contribution in [-0.2, 0) is 17.1 Å². The Morgan fingerprint density at radius 2 is 2.16 bits per heavy atom. The lowest BCUT2D eigenvalue weighted by atomic mass is 10.1. The normalized spacial score (nSPS) is 13.7. The van der Waals surface area contributed by atoms with Gasteiger partial charge in [-0.25, -0.2) is 13.1 Å². The summed E-state index contributed by atoms with van der Waals surface area (Å²) in [5.41, 5.74) is 1.70. The summed E-state index contributed by atoms with van der Waals surface area (Å²) >= 11 is 4.45. The van der Waals surface area contributed by atoms with E-state index >= 15 is 0 Å². The zero-order chi connectivity index (χ0) is 14.2. The van der Waals surface area contributed by atoms with Crippen LogP contribution in [0.1, 0.15) is 24.2 Å². The van der Waals surface area contributed by atoms with Gasteiger partial charge in [0.05, 0.1) is 9.48 Å². The number of hydrogen-bond acceptors (Lipinski definition) is 4. The monoisotopic (exact) mass is 363 g/mol. The molecule has 2 aromatic rings. The molecule has 1 atom stereocenters. The SMILES string of the molecule is Cc1nn(C)cc1C(C)NS(=O)(=O)c1ccc(Br)s1. The molecule has 0 fully saturated rings. The molecule has 0 saturated heterocycles. The van der Waals surface area contributed by atoms with Crippen molar-refractivity contribution in [3.63, 3.8) is 0 Å². The van der Waals surface area contributed by atoms with Crippen LogP contribution in [0, 0.1) is 6.92 Å². The van der Waals surface area contributed by atoms with Gasteiger partial charge < -0.3 is 0 Å². The quantitative estimate of drug-likeness (QED) is 0.907. The average Bonchev–Trinajstić information content (AvgIpc) is 2.84. The summed E-state index contributed by atoms with van der Waals surface area (Å²) in [5.74, 6) is 0. The van der Waals surface area contributed by atoms with Gasteiger partial charge in [0.2, 0.25) is 0 Å². The number of sulfonamides is 1. The third-order valence-electron chi connectivity index (χ3n) is 2.66. The maximum Gasteiger partial charge on any atom is 0.250 e. The summed E-state index contributed by atoms with van der Waals surface area (Å²) < 4.78 is 29.8. The van der Waals surface area contributed by atoms with Crippen LogP contribution in [0.3, 0.4) is 0 Å². The minimum absolute atomic E-state index is 0.299. The van der Waals surface area contributed by atoms with Crippen LogP contribution in [0.5, 0.6) is 0 Å². The lowest BCUT2D eigenvalue weighted by Gasteiger charge is -2.12. The highest BCUT2D eigenvalue weighted by molar-refractivity contribution is 9.11. The Kier molecular flexibility index (Phi) is 4.14. The highest BCUT2D eigenvalue weighted by Crippen LogP contribution is 2.27. The summed E-state index contributed by atoms with van der Waals surface area (Å²) in [5, 5.41) is 4.22. The predicted octanol–water partition coefficient (Wildman–Crippen LogP) is 2.59. The highest BCUT2D eigenvalue weighted by atomic mass is 79.9. The topological polar surface area (TPSA) is 64.0 Å². The largest absolute Gasteiger partial charge is 0.275 e. The molecule has 0 amide bonds. The molecular weight excluding hydrogens is 350 g/mol. The average molecular weight is 364 g/mol. The minimum Gasteiger partial charge on any atom is -0.275 e. The molecule has 2 heterocycles. The second-order valence-corrected chi connectivity index (χ2v) is 8.65. The van der Waals surface area contributed by atoms with Gasteiger partial charge in [-0.05, 0) is 41.9 Å². The van der Waals surface area contributed by atoms with Crippen molar-refractivity contribution in [2.24, 2.45) is 7.05 Å². The summed E-state index contributed by atoms with van der Waals surface area (Å²) in [6, 6.07) is 2.98. The second kappa shape index (κ2) is 5.35. The first-order chi connectivity index (χ1) is 8.79. The predicted molar refractivity (Wildman–Crippen MR) is 78.7 cm³/mol. The van der Waals surface area contributed by atoms with E-state index in [0.29, 0.717) is 4.21 Å². The molecule has 0 aliphatic carbocycles. The summed E-state index contributed by atoms with van der Waals surface area (Å²) in [7, 11) is -1.68. The van der Waals surface area contributed by atoms with Crippen molar-refractivity contribution in [3.05, 3.63) is 33.4 Å². The molecule has 0 aliphatic rings. The van der Waals surface area contributed by atoms with Gasteiger partial charge in [-0.15, -0.1) is 11.3 Å². The Morgan fingerprint density at radius 3 is 2.63 bits per heavy atom. The first-order valence-electron chi connectivity index (χ1n) is 5.57. The van der Waals surface area contributed by atoms with Crippen molar-refractivity contribution < 1.29 is 8.42 Å². The van der Waals surface area contributed by atoms with E-state index < -0.39 is 10.0 Å². The van der Waals surface area contributed by atoms with E-state index in [0.717, 1.165) is 15.0 Å². The van der Waals surface area contributed by atoms with Crippen LogP contribution in [0.4, 0.5) is 0 Å². The van der Waals surface area contributed by atoms with E-state index in [4.69, 9.17) is 0 Å². The zero-order valence-corrected chi connectivity index (χ0v) is 13.9. The van der Waals surface area contributed by atoms with Crippen molar-refractivity contribution in [2.45, 2.75) is 24.1 Å². The van der Waals surface area contributed by atoms with Gasteiger partial charge in [-0.3, -0.25) is 4.68 Å². The fourth-order valence-corrected chi connectivity index (χ4v) is 5.09. The van der Waals surface area contributed by atoms with E-state index in [9.17, 15) is 8.42 Å². The molecule has 1 N–H and O–H groups in total. The van der Waals surface area contributed by atoms with Crippen molar-refractivity contribution >= 4 is 37.3 Å². The number of nitrogens with one attached hydrogen (secondary N) is 1. The van der Waals surface area contributed by atoms with Crippen LogP contribution in [0.2, 0.25) is 0 Å². The van der Waals surface area contributed by atoms with Crippen LogP contribution in [0.15, 0.2) is 26.3 Å². The first kappa shape index (κ1) is 14.7. The fourth-order valence-electron chi connectivity index (χ4n) is 1.84. The number of thiophene rings is 1. The molecule has 0 aromatic carbocycles. The lowest BCUT2D eigenvalue weighted by Crippen LogP contribution is -2.26. The van der Waals surface area contributed by atoms with Gasteiger partial charge in [-0.1, -0.05) is 0 Å². The maximum atomic E-state index is 12.2. The van der Waals surface area contributed by atoms with E-state index in [1.54, 1.807) is 16.8 Å². The van der Waals surface area contributed by atoms with Gasteiger partial charge in [0.1, 0.15) is 4.21 Å². The van der Waals surface area contributed by atoms with Gasteiger partial charge in [-0.2, -0.15) is 5.10 Å². The number of rotatable bonds is 4. The number of nitrogens with zero attached hydrogens (tertiary/aromatic N) is 2. The number of aryl methyl sites for hydroxylation is 2. The van der Waals surface area contributed by atoms with Gasteiger partial charge >= 0.3 is 0 Å². The van der Waals surface area contributed by atoms with Crippen molar-refractivity contribution in [3.8, 4) is 0 Å². The summed E-state index contributed by atoms with van der Waals surface area (Å²) in [4.78, 5) is 0. The van der Waals surface area contributed by atoms with Crippen LogP contribution in [0.25, 0.3) is 0 Å². The molecule has 5 nitrogen and oxygen atoms in total. The van der Waals surface area contributed by atoms with E-state index in [2.05, 4.69) is 25.8 Å². The molecule has 2 aromatic heterocycles. The number of aromatic nitrogens is 2. The molecule has 2 rings (SSSR count). The Hall–Kier alpha value is -0.700. The lowest BCUT2D eigenvalue weighted by molar-refractivity contribution is 0.568. The van der Waals surface area contributed by atoms with E-state index in [1.165, 1.54) is 11.3 Å². The van der Waals surface area contributed by atoms with Crippen LogP contribution in [-0.4, -0.2) is 18.2 Å². The highest BCUT2D eigenvalue weighted by Gasteiger charge is 2.22. The molecule has 0 saturated carbocycles. The molecule has 0 radical (unpaired) electrons. The van der Waals surface area contributed by atoms with Crippen LogP contribution >= 0.6 is 27.3 Å². The number of hydrogen-bond donors (Lipinski definition) is 1. The molecule has 0 bridgehead atoms. The standard InChI is InChI=1S/C11H14BrN3O2S2/c1-7-9(6-15(3)13-7)8(2)14-19(16,17)11-5-4-10(12)18-11/h4-6,8,14H,1-3H3. The summed E-state index contributed by atoms with van der Waals surface area (Å²) in [6.07, 6.45) is 1.83. The van der Waals surface area contributed by atoms with Crippen LogP contribution < -0.4 is 4.72 Å². The summed E-state index contributed by atoms with van der Waals surface area (Å²) in [6.45, 7) is 3.67. The van der Waals surface area contributed by atoms with E-state index in [-0.39, 0.29) is 6.04 Å². The Balaban J connectivity index is 2.23. The third kappa shape index (κ3) is 3.25. The molecule has 104 valence electrons. The molecular formula is C11H14BrN3O2S2. The van der Waals surface area contributed by atoms with E-state index in [1.807, 2.05) is 27.1 Å². The smallest absolute Gasteiger partial charge is 0.250 e.